The van der Waals surface area contributed by atoms with Crippen LogP contribution in [0.4, 0.5) is 0 Å². The van der Waals surface area contributed by atoms with Gasteiger partial charge >= 0.3 is 0 Å². The fourth-order valence-electron chi connectivity index (χ4n) is 2.91. The van der Waals surface area contributed by atoms with E-state index in [1.54, 1.807) is 0 Å². The van der Waals surface area contributed by atoms with Crippen LogP contribution in [0.1, 0.15) is 32.1 Å². The Morgan fingerprint density at radius 2 is 1.83 bits per heavy atom. The second kappa shape index (κ2) is 2.70. The van der Waals surface area contributed by atoms with Crippen LogP contribution in [0.25, 0.3) is 0 Å². The Hall–Kier alpha value is -0.0900. The molecular weight excluding hydrogens is 174 g/mol. The van der Waals surface area contributed by atoms with Crippen molar-refractivity contribution in [2.45, 2.75) is 37.4 Å². The molecule has 3 unspecified atom stereocenters. The zero-order valence-electron chi connectivity index (χ0n) is 7.07. The molecule has 2 rings (SSSR count). The highest BCUT2D eigenvalue weighted by Gasteiger charge is 2.43. The van der Waals surface area contributed by atoms with E-state index in [0.717, 1.165) is 19.3 Å². The van der Waals surface area contributed by atoms with E-state index >= 15 is 0 Å². The third-order valence-corrected chi connectivity index (χ3v) is 4.87. The van der Waals surface area contributed by atoms with E-state index in [1.807, 2.05) is 0 Å². The predicted octanol–water partition coefficient (Wildman–Crippen LogP) is 0.854. The van der Waals surface area contributed by atoms with Gasteiger partial charge in [-0.15, -0.1) is 0 Å². The molecule has 3 nitrogen and oxygen atoms in total. The summed E-state index contributed by atoms with van der Waals surface area (Å²) in [5.74, 6) is 1.05. The smallest absolute Gasteiger partial charge is 0.212 e. The fraction of sp³-hybridized carbons (Fsp3) is 1.00. The van der Waals surface area contributed by atoms with Gasteiger partial charge in [0, 0.05) is 0 Å². The predicted molar refractivity (Wildman–Crippen MR) is 47.0 cm³/mol. The highest BCUT2D eigenvalue weighted by atomic mass is 32.2. The van der Waals surface area contributed by atoms with Crippen molar-refractivity contribution in [1.82, 2.24) is 0 Å². The summed E-state index contributed by atoms with van der Waals surface area (Å²) in [6.07, 6.45) is 5.36. The van der Waals surface area contributed by atoms with Crippen molar-refractivity contribution in [1.29, 1.82) is 0 Å². The van der Waals surface area contributed by atoms with Crippen molar-refractivity contribution >= 4 is 10.0 Å². The Morgan fingerprint density at radius 3 is 2.50 bits per heavy atom. The maximum atomic E-state index is 11.2. The zero-order valence-corrected chi connectivity index (χ0v) is 7.89. The first-order valence-corrected chi connectivity index (χ1v) is 6.21. The first kappa shape index (κ1) is 8.51. The summed E-state index contributed by atoms with van der Waals surface area (Å²) in [7, 11) is -3.26. The molecule has 3 atom stereocenters. The van der Waals surface area contributed by atoms with Gasteiger partial charge in [0.1, 0.15) is 0 Å². The van der Waals surface area contributed by atoms with Crippen molar-refractivity contribution < 1.29 is 8.42 Å². The molecule has 0 aromatic carbocycles. The summed E-state index contributed by atoms with van der Waals surface area (Å²) in [5, 5.41) is 4.95. The van der Waals surface area contributed by atoms with Crippen LogP contribution in [0.15, 0.2) is 0 Å². The Kier molecular flexibility index (Phi) is 1.92. The third kappa shape index (κ3) is 1.27. The minimum absolute atomic E-state index is 0.218. The van der Waals surface area contributed by atoms with Gasteiger partial charge in [0.05, 0.1) is 5.25 Å². The lowest BCUT2D eigenvalue weighted by molar-refractivity contribution is 0.451. The Balaban J connectivity index is 2.20. The average molecular weight is 189 g/mol. The van der Waals surface area contributed by atoms with Gasteiger partial charge in [-0.2, -0.15) is 0 Å². The van der Waals surface area contributed by atoms with Gasteiger partial charge in [-0.05, 0) is 31.1 Å². The molecule has 2 saturated carbocycles. The van der Waals surface area contributed by atoms with Gasteiger partial charge < -0.3 is 0 Å². The van der Waals surface area contributed by atoms with Gasteiger partial charge in [-0.25, -0.2) is 13.6 Å². The summed E-state index contributed by atoms with van der Waals surface area (Å²) in [4.78, 5) is 0. The number of sulfonamides is 1. The summed E-state index contributed by atoms with van der Waals surface area (Å²) < 4.78 is 22.3. The molecule has 0 aromatic rings. The highest BCUT2D eigenvalue weighted by molar-refractivity contribution is 7.89. The molecule has 0 amide bonds. The van der Waals surface area contributed by atoms with Gasteiger partial charge in [0.25, 0.3) is 0 Å². The van der Waals surface area contributed by atoms with E-state index < -0.39 is 10.0 Å². The number of primary sulfonamides is 1. The van der Waals surface area contributed by atoms with E-state index in [4.69, 9.17) is 5.14 Å². The van der Waals surface area contributed by atoms with Crippen LogP contribution in [0.2, 0.25) is 0 Å². The Labute approximate surface area is 73.4 Å². The normalized spacial score (nSPS) is 41.6. The highest BCUT2D eigenvalue weighted by Crippen LogP contribution is 2.45. The molecule has 0 heterocycles. The lowest BCUT2D eigenvalue weighted by Crippen LogP contribution is -2.31. The number of fused-ring (bicyclic) bond motifs is 1. The van der Waals surface area contributed by atoms with E-state index in [2.05, 4.69) is 0 Å². The van der Waals surface area contributed by atoms with Crippen LogP contribution in [0.3, 0.4) is 0 Å². The third-order valence-electron chi connectivity index (χ3n) is 3.44. The van der Waals surface area contributed by atoms with Crippen molar-refractivity contribution in [3.05, 3.63) is 0 Å². The molecule has 0 saturated heterocycles. The van der Waals surface area contributed by atoms with Crippen molar-refractivity contribution in [2.75, 3.05) is 0 Å². The van der Waals surface area contributed by atoms with Crippen LogP contribution < -0.4 is 5.14 Å². The van der Waals surface area contributed by atoms with E-state index in [0.29, 0.717) is 11.8 Å². The quantitative estimate of drug-likeness (QED) is 0.665. The molecule has 2 N–H and O–H groups in total. The summed E-state index contributed by atoms with van der Waals surface area (Å²) in [6.45, 7) is 0. The van der Waals surface area contributed by atoms with Crippen molar-refractivity contribution in [3.8, 4) is 0 Å². The van der Waals surface area contributed by atoms with Crippen LogP contribution in [0, 0.1) is 11.8 Å². The lowest BCUT2D eigenvalue weighted by Gasteiger charge is -2.15. The molecule has 4 heteroatoms. The Bertz CT molecular complexity index is 273. The molecule has 0 spiro atoms. The molecule has 70 valence electrons. The molecule has 0 aromatic heterocycles. The topological polar surface area (TPSA) is 60.2 Å². The number of nitrogens with two attached hydrogens (primary N) is 1. The van der Waals surface area contributed by atoms with Crippen LogP contribution in [0.5, 0.6) is 0 Å². The molecule has 2 fully saturated rings. The fourth-order valence-corrected chi connectivity index (χ4v) is 4.22. The largest absolute Gasteiger partial charge is 0.228 e. The maximum Gasteiger partial charge on any atom is 0.212 e. The average Bonchev–Trinajstić information content (AvgIpc) is 2.37. The molecule has 0 bridgehead atoms. The summed E-state index contributed by atoms with van der Waals surface area (Å²) in [5.41, 5.74) is 0. The van der Waals surface area contributed by atoms with Crippen molar-refractivity contribution in [2.24, 2.45) is 17.0 Å². The standard InChI is InChI=1S/C8H15NO2S/c9-12(10,11)8-5-4-6-2-1-3-7(6)8/h6-8H,1-5H2,(H2,9,10,11). The molecule has 0 radical (unpaired) electrons. The molecule has 0 aliphatic heterocycles. The van der Waals surface area contributed by atoms with Gasteiger partial charge in [-0.1, -0.05) is 12.8 Å². The van der Waals surface area contributed by atoms with Crippen molar-refractivity contribution in [3.63, 3.8) is 0 Å². The first-order chi connectivity index (χ1) is 5.59. The van der Waals surface area contributed by atoms with Gasteiger partial charge in [0.15, 0.2) is 0 Å². The van der Waals surface area contributed by atoms with Gasteiger partial charge in [0.2, 0.25) is 10.0 Å². The van der Waals surface area contributed by atoms with E-state index in [9.17, 15) is 8.42 Å². The van der Waals surface area contributed by atoms with E-state index in [1.165, 1.54) is 12.8 Å². The first-order valence-electron chi connectivity index (χ1n) is 4.60. The molecule has 2 aliphatic carbocycles. The number of hydrogen-bond acceptors (Lipinski definition) is 2. The molecule has 12 heavy (non-hydrogen) atoms. The number of hydrogen-bond donors (Lipinski definition) is 1. The molecule has 2 aliphatic rings. The van der Waals surface area contributed by atoms with Crippen LogP contribution in [-0.2, 0) is 10.0 Å². The SMILES string of the molecule is NS(=O)(=O)C1CCC2CCCC21. The second-order valence-electron chi connectivity index (χ2n) is 4.06. The number of rotatable bonds is 1. The van der Waals surface area contributed by atoms with Crippen LogP contribution in [-0.4, -0.2) is 13.7 Å². The zero-order chi connectivity index (χ0) is 8.77. The summed E-state index contributed by atoms with van der Waals surface area (Å²) in [6, 6.07) is 0. The summed E-state index contributed by atoms with van der Waals surface area (Å²) >= 11 is 0. The maximum absolute atomic E-state index is 11.2. The molecular formula is C8H15NO2S. The Morgan fingerprint density at radius 1 is 1.08 bits per heavy atom. The second-order valence-corrected chi connectivity index (χ2v) is 5.84. The van der Waals surface area contributed by atoms with E-state index in [-0.39, 0.29) is 5.25 Å². The van der Waals surface area contributed by atoms with Gasteiger partial charge in [-0.3, -0.25) is 0 Å². The monoisotopic (exact) mass is 189 g/mol. The minimum atomic E-state index is -3.26. The van der Waals surface area contributed by atoms with Crippen LogP contribution >= 0.6 is 0 Å². The lowest BCUT2D eigenvalue weighted by atomic mass is 10.0. The minimum Gasteiger partial charge on any atom is -0.228 e.